The highest BCUT2D eigenvalue weighted by Gasteiger charge is 2.30. The molecule has 3 rings (SSSR count). The summed E-state index contributed by atoms with van der Waals surface area (Å²) in [4.78, 5) is 31.4. The van der Waals surface area contributed by atoms with Crippen LogP contribution in [0.3, 0.4) is 0 Å². The van der Waals surface area contributed by atoms with Crippen LogP contribution in [0.5, 0.6) is 5.75 Å². The first kappa shape index (κ1) is 26.5. The van der Waals surface area contributed by atoms with Crippen LogP contribution in [0.4, 0.5) is 0 Å². The zero-order valence-electron chi connectivity index (χ0n) is 20.0. The minimum absolute atomic E-state index is 0. The molecule has 7 nitrogen and oxygen atoms in total. The molecule has 1 aliphatic heterocycles. The van der Waals surface area contributed by atoms with Gasteiger partial charge in [0.25, 0.3) is 0 Å². The molecule has 0 fully saturated rings. The second-order valence-corrected chi connectivity index (χ2v) is 9.41. The molecule has 0 aliphatic carbocycles. The lowest BCUT2D eigenvalue weighted by Crippen LogP contribution is -2.31. The van der Waals surface area contributed by atoms with Gasteiger partial charge in [-0.2, -0.15) is 0 Å². The topological polar surface area (TPSA) is 104 Å². The number of nitrogens with one attached hydrogen (secondary N) is 1. The molecule has 1 aromatic heterocycles. The van der Waals surface area contributed by atoms with Crippen LogP contribution in [-0.4, -0.2) is 45.2 Å². The predicted octanol–water partition coefficient (Wildman–Crippen LogP) is 5.03. The van der Waals surface area contributed by atoms with Crippen molar-refractivity contribution in [3.8, 4) is 5.75 Å². The normalized spacial score (nSPS) is 13.1. The summed E-state index contributed by atoms with van der Waals surface area (Å²) < 4.78 is 5.87. The standard InChI is InChI=1S/C25H31N3O4.BrH/c1-7-17-9-8-15-12-28(23(26)21(15)27-17)13-20(29)16-10-18(24(30)31)22(32-14(2)3)19(11-16)25(4,5)6;/h8-11,14,26H,7,12-13H2,1-6H3,(H,30,31);1H. The van der Waals surface area contributed by atoms with Crippen molar-refractivity contribution in [3.05, 3.63) is 57.9 Å². The first-order valence-electron chi connectivity index (χ1n) is 10.9. The highest BCUT2D eigenvalue weighted by molar-refractivity contribution is 8.93. The van der Waals surface area contributed by atoms with Gasteiger partial charge >= 0.3 is 5.97 Å². The molecular formula is C25H32BrN3O4. The van der Waals surface area contributed by atoms with Gasteiger partial charge in [-0.15, -0.1) is 17.0 Å². The Morgan fingerprint density at radius 2 is 1.91 bits per heavy atom. The Hall–Kier alpha value is -2.74. The quantitative estimate of drug-likeness (QED) is 0.499. The van der Waals surface area contributed by atoms with Gasteiger partial charge in [-0.25, -0.2) is 9.78 Å². The third kappa shape index (κ3) is 5.61. The summed E-state index contributed by atoms with van der Waals surface area (Å²) in [6, 6.07) is 7.02. The van der Waals surface area contributed by atoms with Crippen LogP contribution in [0.15, 0.2) is 24.3 Å². The van der Waals surface area contributed by atoms with E-state index in [1.807, 2.05) is 53.7 Å². The van der Waals surface area contributed by atoms with Crippen molar-refractivity contribution in [1.29, 1.82) is 5.41 Å². The average molecular weight is 518 g/mol. The molecule has 2 N–H and O–H groups in total. The molecular weight excluding hydrogens is 486 g/mol. The number of ketones is 1. The molecule has 1 aromatic carbocycles. The number of Topliss-reactive ketones (excluding diaryl/α,β-unsaturated/α-hetero) is 1. The average Bonchev–Trinajstić information content (AvgIpc) is 3.01. The number of ether oxygens (including phenoxy) is 1. The van der Waals surface area contributed by atoms with Crippen LogP contribution in [0.2, 0.25) is 0 Å². The SMILES string of the molecule is Br.CCc1ccc2c(n1)C(=N)N(CC(=O)c1cc(C(=O)O)c(OC(C)C)c(C(C)(C)C)c1)C2. The summed E-state index contributed by atoms with van der Waals surface area (Å²) in [5, 5.41) is 18.3. The number of pyridine rings is 1. The van der Waals surface area contributed by atoms with Gasteiger partial charge in [0.1, 0.15) is 22.8 Å². The van der Waals surface area contributed by atoms with Gasteiger partial charge in [0, 0.05) is 28.9 Å². The number of benzene rings is 1. The molecule has 8 heteroatoms. The van der Waals surface area contributed by atoms with Gasteiger partial charge in [-0.3, -0.25) is 10.2 Å². The van der Waals surface area contributed by atoms with Gasteiger partial charge in [0.15, 0.2) is 5.78 Å². The Bertz CT molecular complexity index is 1090. The fourth-order valence-corrected chi connectivity index (χ4v) is 3.76. The number of aromatic nitrogens is 1. The molecule has 178 valence electrons. The minimum Gasteiger partial charge on any atom is -0.490 e. The van der Waals surface area contributed by atoms with Crippen molar-refractivity contribution >= 4 is 34.6 Å². The largest absolute Gasteiger partial charge is 0.490 e. The number of carboxylic acid groups (broad SMARTS) is 1. The first-order valence-corrected chi connectivity index (χ1v) is 10.9. The number of carbonyl (C=O) groups excluding carboxylic acids is 1. The van der Waals surface area contributed by atoms with Crippen molar-refractivity contribution in [2.75, 3.05) is 6.54 Å². The number of amidine groups is 1. The van der Waals surface area contributed by atoms with Crippen molar-refractivity contribution in [2.45, 2.75) is 66.0 Å². The molecule has 0 saturated carbocycles. The number of hydrogen-bond donors (Lipinski definition) is 2. The van der Waals surface area contributed by atoms with Crippen molar-refractivity contribution in [1.82, 2.24) is 9.88 Å². The number of halogens is 1. The molecule has 33 heavy (non-hydrogen) atoms. The maximum Gasteiger partial charge on any atom is 0.339 e. The summed E-state index contributed by atoms with van der Waals surface area (Å²) in [5.74, 6) is -0.868. The molecule has 2 aromatic rings. The van der Waals surface area contributed by atoms with E-state index in [1.54, 1.807) is 11.0 Å². The predicted molar refractivity (Wildman–Crippen MR) is 133 cm³/mol. The van der Waals surface area contributed by atoms with Crippen LogP contribution < -0.4 is 4.74 Å². The van der Waals surface area contributed by atoms with E-state index in [4.69, 9.17) is 10.1 Å². The van der Waals surface area contributed by atoms with Crippen LogP contribution in [0, 0.1) is 5.41 Å². The Kier molecular flexibility index (Phi) is 8.06. The first-order chi connectivity index (χ1) is 14.9. The molecule has 0 radical (unpaired) electrons. The van der Waals surface area contributed by atoms with Gasteiger partial charge in [-0.05, 0) is 43.9 Å². The highest BCUT2D eigenvalue weighted by atomic mass is 79.9. The molecule has 0 saturated heterocycles. The van der Waals surface area contributed by atoms with Crippen molar-refractivity contribution < 1.29 is 19.4 Å². The molecule has 0 amide bonds. The van der Waals surface area contributed by atoms with Crippen molar-refractivity contribution in [2.24, 2.45) is 0 Å². The summed E-state index contributed by atoms with van der Waals surface area (Å²) in [6.07, 6.45) is 0.567. The van der Waals surface area contributed by atoms with E-state index < -0.39 is 11.4 Å². The Labute approximate surface area is 205 Å². The van der Waals surface area contributed by atoms with Gasteiger partial charge in [-0.1, -0.05) is 33.8 Å². The Morgan fingerprint density at radius 1 is 1.24 bits per heavy atom. The summed E-state index contributed by atoms with van der Waals surface area (Å²) >= 11 is 0. The zero-order chi connectivity index (χ0) is 23.8. The zero-order valence-corrected chi connectivity index (χ0v) is 21.7. The number of carboxylic acids is 1. The molecule has 2 heterocycles. The van der Waals surface area contributed by atoms with Crippen LogP contribution in [0.1, 0.15) is 84.8 Å². The van der Waals surface area contributed by atoms with Crippen LogP contribution in [-0.2, 0) is 18.4 Å². The fraction of sp³-hybridized carbons (Fsp3) is 0.440. The number of aryl methyl sites for hydroxylation is 1. The van der Waals surface area contributed by atoms with E-state index >= 15 is 0 Å². The summed E-state index contributed by atoms with van der Waals surface area (Å²) in [6.45, 7) is 12.0. The lowest BCUT2D eigenvalue weighted by molar-refractivity contribution is 0.0690. The maximum absolute atomic E-state index is 13.2. The minimum atomic E-state index is -1.14. The van der Waals surface area contributed by atoms with E-state index in [1.165, 1.54) is 6.07 Å². The number of fused-ring (bicyclic) bond motifs is 1. The number of aromatic carboxylic acids is 1. The lowest BCUT2D eigenvalue weighted by atomic mass is 9.83. The van der Waals surface area contributed by atoms with Crippen LogP contribution >= 0.6 is 17.0 Å². The van der Waals surface area contributed by atoms with Gasteiger partial charge in [0.2, 0.25) is 0 Å². The molecule has 1 aliphatic rings. The second-order valence-electron chi connectivity index (χ2n) is 9.41. The van der Waals surface area contributed by atoms with Gasteiger partial charge in [0.05, 0.1) is 12.6 Å². The van der Waals surface area contributed by atoms with E-state index in [0.29, 0.717) is 29.1 Å². The Morgan fingerprint density at radius 3 is 2.45 bits per heavy atom. The smallest absolute Gasteiger partial charge is 0.339 e. The van der Waals surface area contributed by atoms with E-state index in [2.05, 4.69) is 4.98 Å². The van der Waals surface area contributed by atoms with E-state index in [0.717, 1.165) is 17.7 Å². The van der Waals surface area contributed by atoms with E-state index in [-0.39, 0.29) is 46.8 Å². The van der Waals surface area contributed by atoms with Crippen molar-refractivity contribution in [3.63, 3.8) is 0 Å². The second kappa shape index (κ2) is 10.0. The fourth-order valence-electron chi connectivity index (χ4n) is 3.76. The number of hydrogen-bond acceptors (Lipinski definition) is 5. The third-order valence-electron chi connectivity index (χ3n) is 5.44. The maximum atomic E-state index is 13.2. The third-order valence-corrected chi connectivity index (χ3v) is 5.44. The number of nitrogens with zero attached hydrogens (tertiary/aromatic N) is 2. The number of rotatable bonds is 7. The molecule has 0 atom stereocenters. The Balaban J connectivity index is 0.00000385. The lowest BCUT2D eigenvalue weighted by Gasteiger charge is -2.26. The number of carbonyl (C=O) groups is 2. The summed E-state index contributed by atoms with van der Waals surface area (Å²) in [7, 11) is 0. The van der Waals surface area contributed by atoms with Gasteiger partial charge < -0.3 is 14.7 Å². The highest BCUT2D eigenvalue weighted by Crippen LogP contribution is 2.36. The van der Waals surface area contributed by atoms with Crippen LogP contribution in [0.25, 0.3) is 0 Å². The molecule has 0 unspecified atom stereocenters. The monoisotopic (exact) mass is 517 g/mol. The molecule has 0 bridgehead atoms. The van der Waals surface area contributed by atoms with E-state index in [9.17, 15) is 14.7 Å². The molecule has 0 spiro atoms. The summed E-state index contributed by atoms with van der Waals surface area (Å²) in [5.41, 5.74) is 2.95.